The highest BCUT2D eigenvalue weighted by atomic mass is 16.3. The van der Waals surface area contributed by atoms with Gasteiger partial charge in [-0.05, 0) is 169 Å². The third-order valence-electron chi connectivity index (χ3n) is 24.6. The Morgan fingerprint density at radius 1 is 0.216 bits per heavy atom. The molecule has 10 aromatic heterocycles. The summed E-state index contributed by atoms with van der Waals surface area (Å²) in [5, 5.41) is 11.5. The lowest BCUT2D eigenvalue weighted by molar-refractivity contribution is 0.664. The van der Waals surface area contributed by atoms with Gasteiger partial charge in [-0.25, -0.2) is 29.9 Å². The van der Waals surface area contributed by atoms with Crippen molar-refractivity contribution in [2.24, 2.45) is 0 Å². The Kier molecular flexibility index (Phi) is 27.4. The first-order valence-electron chi connectivity index (χ1n) is 47.2. The number of rotatable bonds is 7. The number of pyridine rings is 4. The Morgan fingerprint density at radius 3 is 0.843 bits per heavy atom. The zero-order chi connectivity index (χ0) is 94.4. The first-order valence-corrected chi connectivity index (χ1v) is 47.2. The van der Waals surface area contributed by atoms with Gasteiger partial charge in [0.25, 0.3) is 0 Å². The average Bonchev–Trinajstić information content (AvgIpc) is 1.62. The van der Waals surface area contributed by atoms with Crippen molar-refractivity contribution < 1.29 is 22.1 Å². The molecule has 20 aromatic rings. The molecule has 0 bridgehead atoms. The molecule has 134 heavy (non-hydrogen) atoms. The molecule has 0 amide bonds. The quantitative estimate of drug-likeness (QED) is 0.147. The number of para-hydroxylation sites is 5. The maximum Gasteiger partial charge on any atom is 0.178 e. The van der Waals surface area contributed by atoms with Crippen LogP contribution < -0.4 is 49.0 Å². The first-order chi connectivity index (χ1) is 65.5. The number of nitrogens with zero attached hydrogens (tertiary/aromatic N) is 16. The molecule has 0 unspecified atom stereocenters. The predicted molar refractivity (Wildman–Crippen MR) is 563 cm³/mol. The van der Waals surface area contributed by atoms with E-state index in [1.807, 2.05) is 192 Å². The Morgan fingerprint density at radius 2 is 0.470 bits per heavy atom. The number of aromatic nitrogens is 6. The summed E-state index contributed by atoms with van der Waals surface area (Å²) < 4.78 is 31.3. The summed E-state index contributed by atoms with van der Waals surface area (Å²) in [4.78, 5) is 50.0. The van der Waals surface area contributed by atoms with Gasteiger partial charge in [-0.2, -0.15) is 0 Å². The molecule has 21 nitrogen and oxygen atoms in total. The highest BCUT2D eigenvalue weighted by Crippen LogP contribution is 2.52. The molecule has 0 aliphatic carbocycles. The molecule has 0 spiro atoms. The van der Waals surface area contributed by atoms with Gasteiger partial charge >= 0.3 is 0 Å². The van der Waals surface area contributed by atoms with Crippen LogP contribution in [0.5, 0.6) is 0 Å². The van der Waals surface area contributed by atoms with E-state index >= 15 is 0 Å². The van der Waals surface area contributed by atoms with Gasteiger partial charge in [-0.1, -0.05) is 221 Å². The van der Waals surface area contributed by atoms with E-state index in [0.717, 1.165) is 222 Å². The van der Waals surface area contributed by atoms with E-state index in [1.54, 1.807) is 12.4 Å². The second-order valence-electron chi connectivity index (χ2n) is 33.2. The van der Waals surface area contributed by atoms with Crippen LogP contribution >= 0.6 is 0 Å². The van der Waals surface area contributed by atoms with E-state index in [9.17, 15) is 0 Å². The zero-order valence-electron chi connectivity index (χ0n) is 81.3. The molecule has 0 N–H and O–H groups in total. The fourth-order valence-electron chi connectivity index (χ4n) is 18.7. The Bertz CT molecular complexity index is 6980. The van der Waals surface area contributed by atoms with Gasteiger partial charge in [0.2, 0.25) is 0 Å². The van der Waals surface area contributed by atoms with Crippen molar-refractivity contribution in [3.8, 4) is 0 Å². The minimum Gasteiger partial charge on any atom is -0.454 e. The number of anilines is 15. The van der Waals surface area contributed by atoms with Gasteiger partial charge in [0.15, 0.2) is 62.8 Å². The summed E-state index contributed by atoms with van der Waals surface area (Å²) in [6, 6.07) is 80.0. The molecule has 0 radical (unpaired) electrons. The van der Waals surface area contributed by atoms with Gasteiger partial charge in [0, 0.05) is 124 Å². The van der Waals surface area contributed by atoms with Crippen molar-refractivity contribution in [1.29, 1.82) is 0 Å². The topological polar surface area (TPSA) is 175 Å². The number of aryl methyl sites for hydroxylation is 5. The van der Waals surface area contributed by atoms with E-state index in [2.05, 4.69) is 290 Å². The van der Waals surface area contributed by atoms with Crippen molar-refractivity contribution in [2.75, 3.05) is 103 Å². The van der Waals surface area contributed by atoms with E-state index in [1.165, 1.54) is 27.9 Å². The van der Waals surface area contributed by atoms with Crippen LogP contribution in [-0.4, -0.2) is 96.5 Å². The lowest BCUT2D eigenvalue weighted by Gasteiger charge is -2.25. The SMILES string of the molecule is CC.CC.CC.CC.CC.Cc1ccc2c(oc3ccccc32)c1N1CN(C(C)C)c2cccnc21.Cc1ccc2c(oc3ccccc32)c1N1CN(C(C)C)c2ncccc21.Cc1ccc2c(oc3ccccc32)c1N1CN(C)c2cccnc21.Cc1ccc2c(oc3ccccc32)c1N1CN(C)c2ncccc21.Cc1ccc2c(oc3ccccc32)c1N1CN(C)c2nccnc21. The van der Waals surface area contributed by atoms with Crippen LogP contribution in [0.3, 0.4) is 0 Å². The highest BCUT2D eigenvalue weighted by molar-refractivity contribution is 6.15. The number of hydrogen-bond donors (Lipinski definition) is 0. The molecule has 684 valence electrons. The Hall–Kier alpha value is -15.1. The smallest absolute Gasteiger partial charge is 0.178 e. The highest BCUT2D eigenvalue weighted by Gasteiger charge is 2.37. The third kappa shape index (κ3) is 16.6. The predicted octanol–water partition coefficient (Wildman–Crippen LogP) is 30.3. The van der Waals surface area contributed by atoms with Crippen LogP contribution in [0.4, 0.5) is 86.1 Å². The molecule has 15 heterocycles. The van der Waals surface area contributed by atoms with Gasteiger partial charge in [0.1, 0.15) is 27.9 Å². The maximum atomic E-state index is 6.31. The summed E-state index contributed by atoms with van der Waals surface area (Å²) >= 11 is 0. The molecule has 0 atom stereocenters. The molecular formula is C113H122N16O5. The van der Waals surface area contributed by atoms with Gasteiger partial charge in [-0.3, -0.25) is 0 Å². The largest absolute Gasteiger partial charge is 0.454 e. The molecule has 10 aromatic carbocycles. The lowest BCUT2D eigenvalue weighted by Crippen LogP contribution is -2.34. The minimum absolute atomic E-state index is 0.379. The molecular weight excluding hydrogens is 1660 g/mol. The molecule has 0 saturated heterocycles. The maximum absolute atomic E-state index is 6.31. The van der Waals surface area contributed by atoms with Crippen molar-refractivity contribution in [2.45, 2.75) is 144 Å². The van der Waals surface area contributed by atoms with Crippen molar-refractivity contribution in [3.63, 3.8) is 0 Å². The molecule has 5 aliphatic heterocycles. The standard InChI is InChI=1S/2C22H21N3O.2C20H17N3O.C19H16N4O.5C2H6/c1-14(2)24-13-25(18-8-6-12-23-22(18)24)20-15(3)10-11-17-16-7-4-5-9-19(16)26-21(17)20;1-14(2)24-13-25(22-18(24)8-6-12-23-22)20-15(3)10-11-17-16-7-4-5-9-19(16)26-21(17)20;1-13-9-10-15-14-6-3-4-8-17(14)24-19(15)18(13)23-12-22(2)20-16(23)7-5-11-21-20;1-13-9-10-15-14-6-3-4-8-17(14)24-19(15)18(13)23-12-22(2)16-7-5-11-21-20(16)23;1-12-7-8-14-13-5-3-4-6-15(13)24-17(14)16(12)23-11-22(2)18-19(23)21-10-9-20-18;5*1-2/h2*4-12,14H,13H2,1-3H3;2*3-11H,12H2,1-2H3;3-10H,11H2,1-2H3;5*1-2H3. The van der Waals surface area contributed by atoms with E-state index in [-0.39, 0.29) is 0 Å². The summed E-state index contributed by atoms with van der Waals surface area (Å²) in [5.41, 5.74) is 25.4. The average molecular weight is 1780 g/mol. The number of hydrogen-bond acceptors (Lipinski definition) is 21. The van der Waals surface area contributed by atoms with Crippen molar-refractivity contribution in [3.05, 3.63) is 296 Å². The molecule has 0 saturated carbocycles. The second kappa shape index (κ2) is 39.9. The minimum atomic E-state index is 0.379. The fourth-order valence-corrected chi connectivity index (χ4v) is 18.7. The van der Waals surface area contributed by atoms with Gasteiger partial charge in [-0.15, -0.1) is 0 Å². The van der Waals surface area contributed by atoms with Crippen LogP contribution in [0, 0.1) is 34.6 Å². The van der Waals surface area contributed by atoms with Crippen LogP contribution in [0.2, 0.25) is 0 Å². The number of furan rings is 5. The molecule has 0 fully saturated rings. The van der Waals surface area contributed by atoms with Gasteiger partial charge < -0.3 is 71.1 Å². The monoisotopic (exact) mass is 1780 g/mol. The van der Waals surface area contributed by atoms with Crippen LogP contribution in [0.1, 0.15) is 125 Å². The summed E-state index contributed by atoms with van der Waals surface area (Å²) in [7, 11) is 6.19. The van der Waals surface area contributed by atoms with Gasteiger partial charge in [0.05, 0.1) is 84.5 Å². The molecule has 5 aliphatic rings. The Balaban J connectivity index is 0.000000119. The third-order valence-corrected chi connectivity index (χ3v) is 24.6. The van der Waals surface area contributed by atoms with Crippen LogP contribution in [0.25, 0.3) is 110 Å². The lowest BCUT2D eigenvalue weighted by atomic mass is 10.1. The normalized spacial score (nSPS) is 13.1. The second-order valence-corrected chi connectivity index (χ2v) is 33.2. The summed E-state index contributed by atoms with van der Waals surface area (Å²) in [5.74, 6) is 5.79. The first kappa shape index (κ1) is 92.2. The molecule has 21 heteroatoms. The zero-order valence-corrected chi connectivity index (χ0v) is 81.3. The fraction of sp³-hybridized carbons (Fsp3) is 0.257. The van der Waals surface area contributed by atoms with Crippen LogP contribution in [-0.2, 0) is 0 Å². The molecule has 25 rings (SSSR count). The summed E-state index contributed by atoms with van der Waals surface area (Å²) in [6.45, 7) is 43.3. The van der Waals surface area contributed by atoms with E-state index in [4.69, 9.17) is 27.1 Å². The Labute approximate surface area is 785 Å². The van der Waals surface area contributed by atoms with Crippen LogP contribution in [0.15, 0.2) is 290 Å². The number of fused-ring (bicyclic) bond motifs is 20. The number of benzene rings is 10. The summed E-state index contributed by atoms with van der Waals surface area (Å²) in [6.07, 6.45) is 10.9. The van der Waals surface area contributed by atoms with Crippen molar-refractivity contribution in [1.82, 2.24) is 29.9 Å². The van der Waals surface area contributed by atoms with E-state index < -0.39 is 0 Å². The van der Waals surface area contributed by atoms with Crippen molar-refractivity contribution >= 4 is 196 Å². The van der Waals surface area contributed by atoms with E-state index in [0.29, 0.717) is 18.8 Å².